The second-order valence-electron chi connectivity index (χ2n) is 4.63. The highest BCUT2D eigenvalue weighted by Gasteiger charge is 2.52. The van der Waals surface area contributed by atoms with Crippen molar-refractivity contribution in [2.45, 2.75) is 44.8 Å². The van der Waals surface area contributed by atoms with Gasteiger partial charge in [-0.15, -0.1) is 0 Å². The smallest absolute Gasteiger partial charge is 0.0980 e. The number of hydrogen-bond acceptors (Lipinski definition) is 2. The van der Waals surface area contributed by atoms with Gasteiger partial charge in [-0.1, -0.05) is 11.6 Å². The Bertz CT molecular complexity index is 224. The van der Waals surface area contributed by atoms with Crippen LogP contribution in [0.4, 0.5) is 0 Å². The lowest BCUT2D eigenvalue weighted by Crippen LogP contribution is -2.33. The first-order valence-corrected chi connectivity index (χ1v) is 5.09. The maximum Gasteiger partial charge on any atom is 0.0980 e. The average Bonchev–Trinajstić information content (AvgIpc) is 2.78. The lowest BCUT2D eigenvalue weighted by atomic mass is 9.77. The SMILES string of the molecule is CC(C)=C[C@H]1C[C@H](O)CC[C@]12CO2. The molecule has 0 aromatic rings. The summed E-state index contributed by atoms with van der Waals surface area (Å²) in [7, 11) is 0. The molecule has 2 fully saturated rings. The van der Waals surface area contributed by atoms with Gasteiger partial charge in [-0.3, -0.25) is 0 Å². The zero-order valence-electron chi connectivity index (χ0n) is 8.42. The van der Waals surface area contributed by atoms with E-state index in [0.717, 1.165) is 25.9 Å². The van der Waals surface area contributed by atoms with Crippen LogP contribution in [-0.4, -0.2) is 23.4 Å². The second-order valence-corrected chi connectivity index (χ2v) is 4.63. The summed E-state index contributed by atoms with van der Waals surface area (Å²) in [5, 5.41) is 9.57. The van der Waals surface area contributed by atoms with E-state index in [2.05, 4.69) is 19.9 Å². The van der Waals surface area contributed by atoms with Crippen LogP contribution in [0.1, 0.15) is 33.1 Å². The molecule has 2 heteroatoms. The Hall–Kier alpha value is -0.340. The monoisotopic (exact) mass is 182 g/mol. The van der Waals surface area contributed by atoms with E-state index in [1.165, 1.54) is 5.57 Å². The van der Waals surface area contributed by atoms with Gasteiger partial charge in [-0.05, 0) is 33.1 Å². The lowest BCUT2D eigenvalue weighted by molar-refractivity contribution is 0.0653. The summed E-state index contributed by atoms with van der Waals surface area (Å²) >= 11 is 0. The minimum absolute atomic E-state index is 0.115. The van der Waals surface area contributed by atoms with E-state index in [0.29, 0.717) is 5.92 Å². The van der Waals surface area contributed by atoms with Gasteiger partial charge in [0, 0.05) is 5.92 Å². The van der Waals surface area contributed by atoms with E-state index in [1.54, 1.807) is 0 Å². The van der Waals surface area contributed by atoms with Crippen molar-refractivity contribution in [1.29, 1.82) is 0 Å². The molecule has 0 aromatic heterocycles. The number of ether oxygens (including phenoxy) is 1. The van der Waals surface area contributed by atoms with Gasteiger partial charge in [0.05, 0.1) is 18.3 Å². The van der Waals surface area contributed by atoms with E-state index < -0.39 is 0 Å². The molecule has 1 aliphatic heterocycles. The van der Waals surface area contributed by atoms with E-state index in [1.807, 2.05) is 0 Å². The first-order chi connectivity index (χ1) is 6.12. The van der Waals surface area contributed by atoms with Gasteiger partial charge in [0.15, 0.2) is 0 Å². The molecule has 2 rings (SSSR count). The maximum absolute atomic E-state index is 9.57. The van der Waals surface area contributed by atoms with Crippen LogP contribution in [0.2, 0.25) is 0 Å². The normalized spacial score (nSPS) is 43.3. The van der Waals surface area contributed by atoms with E-state index >= 15 is 0 Å². The number of allylic oxidation sites excluding steroid dienone is 1. The summed E-state index contributed by atoms with van der Waals surface area (Å²) in [5.74, 6) is 0.446. The molecule has 1 N–H and O–H groups in total. The van der Waals surface area contributed by atoms with Crippen molar-refractivity contribution in [1.82, 2.24) is 0 Å². The van der Waals surface area contributed by atoms with E-state index in [4.69, 9.17) is 4.74 Å². The fourth-order valence-electron chi connectivity index (χ4n) is 2.30. The van der Waals surface area contributed by atoms with Gasteiger partial charge in [-0.2, -0.15) is 0 Å². The summed E-state index contributed by atoms with van der Waals surface area (Å²) < 4.78 is 5.54. The van der Waals surface area contributed by atoms with Crippen molar-refractivity contribution in [3.8, 4) is 0 Å². The second kappa shape index (κ2) is 3.10. The Labute approximate surface area is 79.6 Å². The molecule has 74 valence electrons. The van der Waals surface area contributed by atoms with Crippen LogP contribution in [0, 0.1) is 5.92 Å². The molecule has 1 saturated heterocycles. The van der Waals surface area contributed by atoms with Crippen LogP contribution in [0.15, 0.2) is 11.6 Å². The van der Waals surface area contributed by atoms with Crippen LogP contribution >= 0.6 is 0 Å². The van der Waals surface area contributed by atoms with Crippen LogP contribution in [0.3, 0.4) is 0 Å². The third-order valence-corrected chi connectivity index (χ3v) is 3.15. The highest BCUT2D eigenvalue weighted by Crippen LogP contribution is 2.47. The maximum atomic E-state index is 9.57. The number of aliphatic hydroxyl groups is 1. The molecule has 0 unspecified atom stereocenters. The molecule has 1 saturated carbocycles. The molecular weight excluding hydrogens is 164 g/mol. The first kappa shape index (κ1) is 9.22. The molecule has 3 atom stereocenters. The number of aliphatic hydroxyl groups excluding tert-OH is 1. The summed E-state index contributed by atoms with van der Waals surface area (Å²) in [6.07, 6.45) is 4.96. The minimum Gasteiger partial charge on any atom is -0.393 e. The molecule has 1 spiro atoms. The fourth-order valence-corrected chi connectivity index (χ4v) is 2.30. The zero-order valence-corrected chi connectivity index (χ0v) is 8.42. The molecule has 2 aliphatic rings. The van der Waals surface area contributed by atoms with Gasteiger partial charge in [0.2, 0.25) is 0 Å². The highest BCUT2D eigenvalue weighted by molar-refractivity contribution is 5.12. The van der Waals surface area contributed by atoms with Crippen molar-refractivity contribution in [2.24, 2.45) is 5.92 Å². The first-order valence-electron chi connectivity index (χ1n) is 5.09. The largest absolute Gasteiger partial charge is 0.393 e. The number of rotatable bonds is 1. The quantitative estimate of drug-likeness (QED) is 0.496. The molecule has 13 heavy (non-hydrogen) atoms. The van der Waals surface area contributed by atoms with Crippen LogP contribution in [0.5, 0.6) is 0 Å². The number of epoxide rings is 1. The third-order valence-electron chi connectivity index (χ3n) is 3.15. The van der Waals surface area contributed by atoms with Gasteiger partial charge in [0.25, 0.3) is 0 Å². The predicted octanol–water partition coefficient (Wildman–Crippen LogP) is 1.88. The predicted molar refractivity (Wildman–Crippen MR) is 51.5 cm³/mol. The Morgan fingerprint density at radius 3 is 2.77 bits per heavy atom. The number of hydrogen-bond donors (Lipinski definition) is 1. The molecule has 1 aliphatic carbocycles. The van der Waals surface area contributed by atoms with Gasteiger partial charge < -0.3 is 9.84 Å². The van der Waals surface area contributed by atoms with Gasteiger partial charge >= 0.3 is 0 Å². The molecule has 0 aromatic carbocycles. The molecule has 0 bridgehead atoms. The van der Waals surface area contributed by atoms with Crippen molar-refractivity contribution in [2.75, 3.05) is 6.61 Å². The molecular formula is C11H18O2. The minimum atomic E-state index is -0.115. The molecule has 2 nitrogen and oxygen atoms in total. The highest BCUT2D eigenvalue weighted by atomic mass is 16.6. The summed E-state index contributed by atoms with van der Waals surface area (Å²) in [5.41, 5.74) is 1.45. The standard InChI is InChI=1S/C11H18O2/c1-8(2)5-9-6-10(12)3-4-11(9)7-13-11/h5,9-10,12H,3-4,6-7H2,1-2H3/t9-,10+,11-/m0/s1. The Balaban J connectivity index is 2.09. The fraction of sp³-hybridized carbons (Fsp3) is 0.818. The third kappa shape index (κ3) is 1.79. The van der Waals surface area contributed by atoms with Crippen molar-refractivity contribution < 1.29 is 9.84 Å². The van der Waals surface area contributed by atoms with Crippen molar-refractivity contribution in [3.63, 3.8) is 0 Å². The molecule has 1 heterocycles. The van der Waals surface area contributed by atoms with Crippen LogP contribution < -0.4 is 0 Å². The average molecular weight is 182 g/mol. The zero-order chi connectivity index (χ0) is 9.47. The van der Waals surface area contributed by atoms with Crippen LogP contribution in [-0.2, 0) is 4.74 Å². The topological polar surface area (TPSA) is 32.8 Å². The lowest BCUT2D eigenvalue weighted by Gasteiger charge is -2.30. The van der Waals surface area contributed by atoms with Crippen molar-refractivity contribution >= 4 is 0 Å². The van der Waals surface area contributed by atoms with Gasteiger partial charge in [-0.25, -0.2) is 0 Å². The Morgan fingerprint density at radius 1 is 1.54 bits per heavy atom. The molecule has 0 amide bonds. The van der Waals surface area contributed by atoms with E-state index in [-0.39, 0.29) is 11.7 Å². The summed E-state index contributed by atoms with van der Waals surface area (Å²) in [6.45, 7) is 5.11. The summed E-state index contributed by atoms with van der Waals surface area (Å²) in [6, 6.07) is 0. The van der Waals surface area contributed by atoms with E-state index in [9.17, 15) is 5.11 Å². The Morgan fingerprint density at radius 2 is 2.23 bits per heavy atom. The molecule has 0 radical (unpaired) electrons. The van der Waals surface area contributed by atoms with Crippen molar-refractivity contribution in [3.05, 3.63) is 11.6 Å². The summed E-state index contributed by atoms with van der Waals surface area (Å²) in [4.78, 5) is 0. The Kier molecular flexibility index (Phi) is 2.20. The van der Waals surface area contributed by atoms with Gasteiger partial charge in [0.1, 0.15) is 0 Å². The van der Waals surface area contributed by atoms with Crippen LogP contribution in [0.25, 0.3) is 0 Å².